The van der Waals surface area contributed by atoms with Crippen LogP contribution in [0.25, 0.3) is 0 Å². The first-order valence-corrected chi connectivity index (χ1v) is 12.6. The summed E-state index contributed by atoms with van der Waals surface area (Å²) in [5.74, 6) is -0.892. The van der Waals surface area contributed by atoms with Crippen LogP contribution < -0.4 is 15.4 Å². The summed E-state index contributed by atoms with van der Waals surface area (Å²) in [5, 5.41) is 15.5. The number of carbonyl (C=O) groups is 3. The number of anilines is 2. The number of hydrogen-bond donors (Lipinski definition) is 3. The molecule has 0 unspecified atom stereocenters. The molecule has 1 aliphatic rings. The minimum absolute atomic E-state index is 0.102. The molecular weight excluding hydrogens is 500 g/mol. The van der Waals surface area contributed by atoms with E-state index < -0.39 is 18.1 Å². The highest BCUT2D eigenvalue weighted by Crippen LogP contribution is 2.35. The summed E-state index contributed by atoms with van der Waals surface area (Å²) in [7, 11) is 1.66. The first-order valence-electron chi connectivity index (χ1n) is 12.6. The summed E-state index contributed by atoms with van der Waals surface area (Å²) in [6.07, 6.45) is 3.66. The van der Waals surface area contributed by atoms with Crippen molar-refractivity contribution in [2.24, 2.45) is 5.92 Å². The van der Waals surface area contributed by atoms with Crippen LogP contribution in [0, 0.1) is 5.92 Å². The van der Waals surface area contributed by atoms with Crippen molar-refractivity contribution in [3.63, 3.8) is 0 Å². The quantitative estimate of drug-likeness (QED) is 0.425. The zero-order chi connectivity index (χ0) is 27.9. The van der Waals surface area contributed by atoms with Crippen molar-refractivity contribution in [2.75, 3.05) is 37.4 Å². The fourth-order valence-corrected chi connectivity index (χ4v) is 4.26. The van der Waals surface area contributed by atoms with Crippen LogP contribution in [0.5, 0.6) is 5.75 Å². The number of ether oxygens (including phenoxy) is 1. The number of aliphatic hydroxyl groups is 1. The lowest BCUT2D eigenvalue weighted by Crippen LogP contribution is -2.50. The van der Waals surface area contributed by atoms with Gasteiger partial charge in [0.2, 0.25) is 0 Å². The maximum atomic E-state index is 13.6. The molecule has 2 aromatic carbocycles. The van der Waals surface area contributed by atoms with Crippen LogP contribution in [-0.2, 0) is 0 Å². The third kappa shape index (κ3) is 6.50. The predicted molar refractivity (Wildman–Crippen MR) is 146 cm³/mol. The summed E-state index contributed by atoms with van der Waals surface area (Å²) in [6, 6.07) is 13.2. The fourth-order valence-electron chi connectivity index (χ4n) is 4.26. The van der Waals surface area contributed by atoms with E-state index in [1.165, 1.54) is 23.5 Å². The van der Waals surface area contributed by atoms with Gasteiger partial charge in [0.1, 0.15) is 11.8 Å². The number of nitrogens with one attached hydrogen (secondary N) is 2. The number of likely N-dealkylation sites (N-methyl/N-ethyl adjacent to an activating group) is 1. The lowest BCUT2D eigenvalue weighted by atomic mass is 9.99. The highest BCUT2D eigenvalue weighted by molar-refractivity contribution is 6.06. The molecule has 4 rings (SSSR count). The molecule has 4 amide bonds. The molecule has 0 bridgehead atoms. The van der Waals surface area contributed by atoms with Gasteiger partial charge in [-0.15, -0.1) is 0 Å². The Bertz CT molecular complexity index is 1310. The second kappa shape index (κ2) is 12.4. The Kier molecular flexibility index (Phi) is 8.72. The molecule has 39 heavy (non-hydrogen) atoms. The van der Waals surface area contributed by atoms with Crippen LogP contribution in [0.2, 0.25) is 0 Å². The van der Waals surface area contributed by atoms with Crippen LogP contribution >= 0.6 is 0 Å². The van der Waals surface area contributed by atoms with Gasteiger partial charge in [-0.05, 0) is 31.2 Å². The largest absolute Gasteiger partial charge is 0.485 e. The second-order valence-corrected chi connectivity index (χ2v) is 9.53. The van der Waals surface area contributed by atoms with Crippen molar-refractivity contribution in [1.82, 2.24) is 19.8 Å². The standard InChI is InChI=1S/C28H32N6O5/c1-18-15-34(19(2)17-35)27(37)21-10-7-11-22(32-26(36)23-14-29-12-13-30-23)25(21)39-24(18)16-33(3)28(38)31-20-8-5-4-6-9-20/h4-14,18-19,24,35H,15-17H2,1-3H3,(H,31,38)(H,32,36)/t18-,19+,24-/m1/s1. The first-order chi connectivity index (χ1) is 18.8. The van der Waals surface area contributed by atoms with Crippen LogP contribution in [0.15, 0.2) is 67.1 Å². The van der Waals surface area contributed by atoms with Gasteiger partial charge in [0.25, 0.3) is 11.8 Å². The first kappa shape index (κ1) is 27.5. The summed E-state index contributed by atoms with van der Waals surface area (Å²) in [4.78, 5) is 50.5. The molecule has 2 heterocycles. The molecule has 0 saturated carbocycles. The van der Waals surface area contributed by atoms with Gasteiger partial charge in [-0.3, -0.25) is 14.6 Å². The van der Waals surface area contributed by atoms with Crippen LogP contribution in [0.4, 0.5) is 16.2 Å². The van der Waals surface area contributed by atoms with E-state index in [-0.39, 0.29) is 53.7 Å². The molecule has 3 N–H and O–H groups in total. The molecule has 3 aromatic rings. The normalized spacial score (nSPS) is 17.6. The Balaban J connectivity index is 1.65. The number of carbonyl (C=O) groups excluding carboxylic acids is 3. The van der Waals surface area contributed by atoms with Crippen molar-refractivity contribution >= 4 is 29.2 Å². The van der Waals surface area contributed by atoms with Crippen molar-refractivity contribution < 1.29 is 24.2 Å². The van der Waals surface area contributed by atoms with Gasteiger partial charge in [0.15, 0.2) is 5.75 Å². The van der Waals surface area contributed by atoms with Crippen molar-refractivity contribution in [2.45, 2.75) is 26.0 Å². The number of aromatic nitrogens is 2. The van der Waals surface area contributed by atoms with Crippen molar-refractivity contribution in [3.05, 3.63) is 78.4 Å². The topological polar surface area (TPSA) is 137 Å². The maximum absolute atomic E-state index is 13.6. The number of hydrogen-bond acceptors (Lipinski definition) is 7. The molecule has 11 heteroatoms. The lowest BCUT2D eigenvalue weighted by molar-refractivity contribution is 0.0372. The minimum Gasteiger partial charge on any atom is -0.485 e. The summed E-state index contributed by atoms with van der Waals surface area (Å²) in [5.41, 5.74) is 1.28. The average molecular weight is 533 g/mol. The molecule has 0 spiro atoms. The predicted octanol–water partition coefficient (Wildman–Crippen LogP) is 3.11. The van der Waals surface area contributed by atoms with E-state index >= 15 is 0 Å². The monoisotopic (exact) mass is 532 g/mol. The van der Waals surface area contributed by atoms with E-state index in [0.717, 1.165) is 0 Å². The number of nitrogens with zero attached hydrogens (tertiary/aromatic N) is 4. The Morgan fingerprint density at radius 2 is 1.92 bits per heavy atom. The average Bonchev–Trinajstić information content (AvgIpc) is 2.95. The molecular formula is C28H32N6O5. The fraction of sp³-hybridized carbons (Fsp3) is 0.321. The molecule has 0 fully saturated rings. The van der Waals surface area contributed by atoms with E-state index in [1.807, 2.05) is 25.1 Å². The molecule has 0 radical (unpaired) electrons. The lowest BCUT2D eigenvalue weighted by Gasteiger charge is -2.38. The van der Waals surface area contributed by atoms with Gasteiger partial charge < -0.3 is 30.3 Å². The summed E-state index contributed by atoms with van der Waals surface area (Å²) >= 11 is 0. The molecule has 1 aromatic heterocycles. The van der Waals surface area contributed by atoms with Crippen LogP contribution in [-0.4, -0.2) is 81.6 Å². The number of rotatable bonds is 7. The maximum Gasteiger partial charge on any atom is 0.321 e. The highest BCUT2D eigenvalue weighted by atomic mass is 16.5. The number of amides is 4. The number of benzene rings is 2. The molecule has 0 saturated heterocycles. The Hall–Kier alpha value is -4.51. The summed E-state index contributed by atoms with van der Waals surface area (Å²) < 4.78 is 6.44. The SMILES string of the molecule is C[C@@H]1CN([C@@H](C)CO)C(=O)c2cccc(NC(=O)c3cnccn3)c2O[C@@H]1CN(C)C(=O)Nc1ccccc1. The van der Waals surface area contributed by atoms with Crippen LogP contribution in [0.3, 0.4) is 0 Å². The van der Waals surface area contributed by atoms with E-state index in [2.05, 4.69) is 20.6 Å². The van der Waals surface area contributed by atoms with Gasteiger partial charge in [0.05, 0.1) is 36.6 Å². The number of aliphatic hydroxyl groups excluding tert-OH is 1. The zero-order valence-electron chi connectivity index (χ0n) is 22.1. The molecule has 3 atom stereocenters. The highest BCUT2D eigenvalue weighted by Gasteiger charge is 2.35. The van der Waals surface area contributed by atoms with Crippen LogP contribution in [0.1, 0.15) is 34.7 Å². The Morgan fingerprint density at radius 1 is 1.15 bits per heavy atom. The van der Waals surface area contributed by atoms with Gasteiger partial charge in [-0.1, -0.05) is 31.2 Å². The van der Waals surface area contributed by atoms with E-state index in [9.17, 15) is 19.5 Å². The van der Waals surface area contributed by atoms with Gasteiger partial charge >= 0.3 is 6.03 Å². The second-order valence-electron chi connectivity index (χ2n) is 9.53. The smallest absolute Gasteiger partial charge is 0.321 e. The molecule has 11 nitrogen and oxygen atoms in total. The van der Waals surface area contributed by atoms with E-state index in [0.29, 0.717) is 12.2 Å². The van der Waals surface area contributed by atoms with Gasteiger partial charge in [-0.25, -0.2) is 9.78 Å². The Morgan fingerprint density at radius 3 is 2.62 bits per heavy atom. The molecule has 204 valence electrons. The summed E-state index contributed by atoms with van der Waals surface area (Å²) in [6.45, 7) is 3.96. The number of para-hydroxylation sites is 2. The number of urea groups is 1. The van der Waals surface area contributed by atoms with Gasteiger partial charge in [0, 0.05) is 37.6 Å². The number of fused-ring (bicyclic) bond motifs is 1. The zero-order valence-corrected chi connectivity index (χ0v) is 22.1. The third-order valence-electron chi connectivity index (χ3n) is 6.56. The van der Waals surface area contributed by atoms with E-state index in [1.54, 1.807) is 49.2 Å². The van der Waals surface area contributed by atoms with Crippen molar-refractivity contribution in [3.8, 4) is 5.75 Å². The Labute approximate surface area is 226 Å². The van der Waals surface area contributed by atoms with E-state index in [4.69, 9.17) is 4.74 Å². The minimum atomic E-state index is -0.550. The van der Waals surface area contributed by atoms with Gasteiger partial charge in [-0.2, -0.15) is 0 Å². The third-order valence-corrected chi connectivity index (χ3v) is 6.56. The molecule has 0 aliphatic carbocycles. The van der Waals surface area contributed by atoms with Crippen molar-refractivity contribution in [1.29, 1.82) is 0 Å². The molecule has 1 aliphatic heterocycles.